The van der Waals surface area contributed by atoms with Gasteiger partial charge in [-0.1, -0.05) is 6.07 Å². The molecule has 8 heteroatoms. The molecule has 3 N–H and O–H groups in total. The summed E-state index contributed by atoms with van der Waals surface area (Å²) in [5, 5.41) is 15.5. The maximum absolute atomic E-state index is 13.5. The molecular weight excluding hydrogens is 449 g/mol. The van der Waals surface area contributed by atoms with Crippen LogP contribution in [0.4, 0.5) is 10.2 Å². The number of anilines is 1. The van der Waals surface area contributed by atoms with Crippen molar-refractivity contribution in [2.75, 3.05) is 18.5 Å². The molecule has 4 rings (SSSR count). The molecule has 1 fully saturated rings. The molecule has 35 heavy (non-hydrogen) atoms. The molecule has 0 unspecified atom stereocenters. The summed E-state index contributed by atoms with van der Waals surface area (Å²) >= 11 is 0. The molecule has 7 nitrogen and oxygen atoms in total. The van der Waals surface area contributed by atoms with E-state index in [1.165, 1.54) is 17.7 Å². The van der Waals surface area contributed by atoms with E-state index >= 15 is 0 Å². The topological polar surface area (TPSA) is 101 Å². The van der Waals surface area contributed by atoms with Crippen LogP contribution < -0.4 is 10.6 Å². The normalized spacial score (nSPS) is 19.7. The SMILES string of the molecule is Cc1cc(F)cc(C)c1C(=O)N[C@@H](CCO[C@H]1C[C@@H](CCc2ccc3c(n2)NCCC3)C1)C(=O)O. The Bertz CT molecular complexity index is 1060. The lowest BCUT2D eigenvalue weighted by molar-refractivity contribution is -0.140. The quantitative estimate of drug-likeness (QED) is 0.468. The summed E-state index contributed by atoms with van der Waals surface area (Å²) in [6.07, 6.45) is 6.48. The molecule has 1 aromatic heterocycles. The predicted octanol–water partition coefficient (Wildman–Crippen LogP) is 4.20. The smallest absolute Gasteiger partial charge is 0.326 e. The summed E-state index contributed by atoms with van der Waals surface area (Å²) in [6.45, 7) is 4.52. The number of hydrogen-bond donors (Lipinski definition) is 3. The van der Waals surface area contributed by atoms with Crippen molar-refractivity contribution in [3.8, 4) is 0 Å². The Morgan fingerprint density at radius 2 is 2.00 bits per heavy atom. The van der Waals surface area contributed by atoms with Gasteiger partial charge in [-0.3, -0.25) is 4.79 Å². The Balaban J connectivity index is 1.18. The number of benzene rings is 1. The first kappa shape index (κ1) is 25.1. The number of carboxylic acid groups (broad SMARTS) is 1. The molecule has 1 aromatic carbocycles. The zero-order chi connectivity index (χ0) is 24.9. The number of halogens is 1. The van der Waals surface area contributed by atoms with Gasteiger partial charge in [0.05, 0.1) is 6.10 Å². The van der Waals surface area contributed by atoms with Crippen molar-refractivity contribution in [3.05, 3.63) is 58.0 Å². The molecule has 1 saturated carbocycles. The largest absolute Gasteiger partial charge is 0.480 e. The van der Waals surface area contributed by atoms with E-state index in [1.54, 1.807) is 13.8 Å². The van der Waals surface area contributed by atoms with Crippen molar-refractivity contribution in [2.45, 2.75) is 70.9 Å². The molecule has 0 radical (unpaired) electrons. The van der Waals surface area contributed by atoms with Crippen molar-refractivity contribution in [1.82, 2.24) is 10.3 Å². The van der Waals surface area contributed by atoms with Crippen LogP contribution >= 0.6 is 0 Å². The number of carbonyl (C=O) groups excluding carboxylic acids is 1. The highest BCUT2D eigenvalue weighted by Gasteiger charge is 2.30. The van der Waals surface area contributed by atoms with Gasteiger partial charge in [0.25, 0.3) is 5.91 Å². The third kappa shape index (κ3) is 6.36. The van der Waals surface area contributed by atoms with Crippen LogP contribution in [0.25, 0.3) is 0 Å². The van der Waals surface area contributed by atoms with Gasteiger partial charge in [0.2, 0.25) is 0 Å². The van der Waals surface area contributed by atoms with E-state index in [0.717, 1.165) is 56.6 Å². The monoisotopic (exact) mass is 483 g/mol. The summed E-state index contributed by atoms with van der Waals surface area (Å²) in [7, 11) is 0. The average molecular weight is 484 g/mol. The Morgan fingerprint density at radius 3 is 2.71 bits per heavy atom. The van der Waals surface area contributed by atoms with Crippen LogP contribution in [-0.2, 0) is 22.4 Å². The van der Waals surface area contributed by atoms with Gasteiger partial charge < -0.3 is 20.5 Å². The lowest BCUT2D eigenvalue weighted by atomic mass is 9.79. The number of fused-ring (bicyclic) bond motifs is 1. The molecule has 2 aromatic rings. The number of carboxylic acids is 1. The second-order valence-corrected chi connectivity index (χ2v) is 9.78. The summed E-state index contributed by atoms with van der Waals surface area (Å²) in [4.78, 5) is 29.1. The van der Waals surface area contributed by atoms with E-state index in [2.05, 4.69) is 22.8 Å². The average Bonchev–Trinajstić information content (AvgIpc) is 2.78. The molecule has 0 spiro atoms. The number of nitrogens with zero attached hydrogens (tertiary/aromatic N) is 1. The standard InChI is InChI=1S/C27H34FN3O4/c1-16-12-20(28)13-17(2)24(16)26(32)31-23(27(33)34)9-11-35-22-14-18(15-22)5-7-21-8-6-19-4-3-10-29-25(19)30-21/h6,8,12-13,18,22-23H,3-5,7,9-11,14-15H2,1-2H3,(H,29,30)(H,31,32)(H,33,34)/t18-,22+,23-/m0/s1. The van der Waals surface area contributed by atoms with Crippen molar-refractivity contribution >= 4 is 17.7 Å². The molecule has 188 valence electrons. The third-order valence-electron chi connectivity index (χ3n) is 7.04. The van der Waals surface area contributed by atoms with Crippen molar-refractivity contribution < 1.29 is 23.8 Å². The maximum atomic E-state index is 13.5. The van der Waals surface area contributed by atoms with E-state index in [1.807, 2.05) is 0 Å². The second-order valence-electron chi connectivity index (χ2n) is 9.78. The van der Waals surface area contributed by atoms with Crippen LogP contribution in [0.3, 0.4) is 0 Å². The van der Waals surface area contributed by atoms with E-state index in [9.17, 15) is 19.1 Å². The number of aryl methyl sites for hydroxylation is 4. The summed E-state index contributed by atoms with van der Waals surface area (Å²) < 4.78 is 19.4. The van der Waals surface area contributed by atoms with Crippen LogP contribution in [0.15, 0.2) is 24.3 Å². The van der Waals surface area contributed by atoms with E-state index in [4.69, 9.17) is 9.72 Å². The lowest BCUT2D eigenvalue weighted by Crippen LogP contribution is -2.42. The van der Waals surface area contributed by atoms with Gasteiger partial charge in [-0.05, 0) is 93.2 Å². The number of aliphatic carboxylic acids is 1. The van der Waals surface area contributed by atoms with Crippen LogP contribution in [0.5, 0.6) is 0 Å². The van der Waals surface area contributed by atoms with Gasteiger partial charge in [0.1, 0.15) is 17.7 Å². The highest BCUT2D eigenvalue weighted by atomic mass is 19.1. The zero-order valence-corrected chi connectivity index (χ0v) is 20.4. The van der Waals surface area contributed by atoms with E-state index in [0.29, 0.717) is 22.6 Å². The van der Waals surface area contributed by atoms with Crippen LogP contribution in [0, 0.1) is 25.6 Å². The first-order chi connectivity index (χ1) is 16.8. The van der Waals surface area contributed by atoms with Crippen LogP contribution in [0.1, 0.15) is 64.8 Å². The zero-order valence-electron chi connectivity index (χ0n) is 20.4. The highest BCUT2D eigenvalue weighted by molar-refractivity contribution is 5.99. The molecule has 1 atom stereocenters. The first-order valence-corrected chi connectivity index (χ1v) is 12.4. The van der Waals surface area contributed by atoms with E-state index in [-0.39, 0.29) is 19.1 Å². The highest BCUT2D eigenvalue weighted by Crippen LogP contribution is 2.34. The van der Waals surface area contributed by atoms with Gasteiger partial charge in [0, 0.05) is 30.8 Å². The molecule has 2 heterocycles. The molecule has 2 aliphatic rings. The summed E-state index contributed by atoms with van der Waals surface area (Å²) in [6, 6.07) is 5.80. The van der Waals surface area contributed by atoms with Crippen LogP contribution in [0.2, 0.25) is 0 Å². The number of pyridine rings is 1. The van der Waals surface area contributed by atoms with Crippen molar-refractivity contribution in [1.29, 1.82) is 0 Å². The molecule has 1 aliphatic heterocycles. The fourth-order valence-electron chi connectivity index (χ4n) is 5.02. The number of ether oxygens (including phenoxy) is 1. The maximum Gasteiger partial charge on any atom is 0.326 e. The first-order valence-electron chi connectivity index (χ1n) is 12.4. The summed E-state index contributed by atoms with van der Waals surface area (Å²) in [5.41, 5.74) is 3.68. The third-order valence-corrected chi connectivity index (χ3v) is 7.04. The van der Waals surface area contributed by atoms with Crippen molar-refractivity contribution in [2.24, 2.45) is 5.92 Å². The Labute approximate surface area is 205 Å². The number of nitrogens with one attached hydrogen (secondary N) is 2. The molecular formula is C27H34FN3O4. The minimum atomic E-state index is -1.11. The number of amides is 1. The van der Waals surface area contributed by atoms with Gasteiger partial charge >= 0.3 is 5.97 Å². The molecule has 1 aliphatic carbocycles. The minimum Gasteiger partial charge on any atom is -0.480 e. The molecule has 0 bridgehead atoms. The van der Waals surface area contributed by atoms with Gasteiger partial charge in [-0.15, -0.1) is 0 Å². The summed E-state index contributed by atoms with van der Waals surface area (Å²) in [5.74, 6) is -0.423. The van der Waals surface area contributed by atoms with Gasteiger partial charge in [0.15, 0.2) is 0 Å². The lowest BCUT2D eigenvalue weighted by Gasteiger charge is -2.35. The molecule has 1 amide bonds. The van der Waals surface area contributed by atoms with Crippen molar-refractivity contribution in [3.63, 3.8) is 0 Å². The number of rotatable bonds is 10. The predicted molar refractivity (Wildman–Crippen MR) is 131 cm³/mol. The van der Waals surface area contributed by atoms with E-state index < -0.39 is 23.7 Å². The van der Waals surface area contributed by atoms with Gasteiger partial charge in [-0.25, -0.2) is 14.2 Å². The fraction of sp³-hybridized carbons (Fsp3) is 0.519. The second kappa shape index (κ2) is 11.2. The Kier molecular flexibility index (Phi) is 8.00. The molecule has 0 saturated heterocycles. The number of carbonyl (C=O) groups is 2. The Morgan fingerprint density at radius 1 is 1.26 bits per heavy atom. The van der Waals surface area contributed by atoms with Crippen LogP contribution in [-0.4, -0.2) is 47.3 Å². The van der Waals surface area contributed by atoms with Gasteiger partial charge in [-0.2, -0.15) is 0 Å². The number of hydrogen-bond acceptors (Lipinski definition) is 5. The number of aromatic nitrogens is 1. The minimum absolute atomic E-state index is 0.130. The fourth-order valence-corrected chi connectivity index (χ4v) is 5.02. The Hall–Kier alpha value is -3.00.